The third kappa shape index (κ3) is 2.25. The average Bonchev–Trinajstić information content (AvgIpc) is 3.06. The van der Waals surface area contributed by atoms with Crippen molar-refractivity contribution in [2.24, 2.45) is 0 Å². The first kappa shape index (κ1) is 13.3. The monoisotopic (exact) mass is 291 g/mol. The van der Waals surface area contributed by atoms with Crippen LogP contribution in [0.4, 0.5) is 0 Å². The van der Waals surface area contributed by atoms with Crippen molar-refractivity contribution in [1.29, 1.82) is 0 Å². The van der Waals surface area contributed by atoms with Crippen molar-refractivity contribution < 1.29 is 9.90 Å². The van der Waals surface area contributed by atoms with Crippen LogP contribution in [0, 0.1) is 0 Å². The standard InChI is InChI=1S/C14H17N3O2S/c1-2-16-7-5-15-12(16)9-17-6-3-11-10(4-8-20-11)13(17)14(18)19/h4-5,7-8,13H,2-3,6,9H2,1H3,(H,18,19). The minimum absolute atomic E-state index is 0.549. The van der Waals surface area contributed by atoms with E-state index in [1.165, 1.54) is 4.88 Å². The van der Waals surface area contributed by atoms with Gasteiger partial charge in [-0.2, -0.15) is 0 Å². The number of imidazole rings is 1. The van der Waals surface area contributed by atoms with Crippen LogP contribution in [-0.2, 0) is 24.3 Å². The maximum absolute atomic E-state index is 11.6. The number of aryl methyl sites for hydroxylation is 1. The summed E-state index contributed by atoms with van der Waals surface area (Å²) in [5, 5.41) is 11.5. The maximum atomic E-state index is 11.6. The number of aromatic nitrogens is 2. The van der Waals surface area contributed by atoms with Gasteiger partial charge in [-0.05, 0) is 30.4 Å². The molecule has 20 heavy (non-hydrogen) atoms. The number of aliphatic carboxylic acids is 1. The molecule has 1 aliphatic rings. The summed E-state index contributed by atoms with van der Waals surface area (Å²) >= 11 is 1.65. The first-order valence-electron chi connectivity index (χ1n) is 6.73. The molecule has 106 valence electrons. The molecule has 3 heterocycles. The van der Waals surface area contributed by atoms with Gasteiger partial charge in [0.25, 0.3) is 0 Å². The molecule has 0 bridgehead atoms. The van der Waals surface area contributed by atoms with Crippen LogP contribution in [-0.4, -0.2) is 32.1 Å². The quantitative estimate of drug-likeness (QED) is 0.937. The van der Waals surface area contributed by atoms with Gasteiger partial charge in [0.2, 0.25) is 0 Å². The fraction of sp³-hybridized carbons (Fsp3) is 0.429. The van der Waals surface area contributed by atoms with Crippen molar-refractivity contribution >= 4 is 17.3 Å². The van der Waals surface area contributed by atoms with Crippen LogP contribution in [0.1, 0.15) is 29.2 Å². The van der Waals surface area contributed by atoms with Gasteiger partial charge in [-0.1, -0.05) is 0 Å². The summed E-state index contributed by atoms with van der Waals surface area (Å²) in [5.41, 5.74) is 0.948. The molecule has 0 aromatic carbocycles. The summed E-state index contributed by atoms with van der Waals surface area (Å²) < 4.78 is 2.06. The number of nitrogens with zero attached hydrogens (tertiary/aromatic N) is 3. The van der Waals surface area contributed by atoms with Gasteiger partial charge in [0.1, 0.15) is 11.9 Å². The van der Waals surface area contributed by atoms with E-state index in [4.69, 9.17) is 0 Å². The predicted octanol–water partition coefficient (Wildman–Crippen LogP) is 2.15. The van der Waals surface area contributed by atoms with Gasteiger partial charge in [-0.3, -0.25) is 9.69 Å². The van der Waals surface area contributed by atoms with Crippen LogP contribution in [0.15, 0.2) is 23.8 Å². The highest BCUT2D eigenvalue weighted by Gasteiger charge is 2.34. The zero-order valence-corrected chi connectivity index (χ0v) is 12.1. The van der Waals surface area contributed by atoms with E-state index in [2.05, 4.69) is 16.5 Å². The number of carboxylic acids is 1. The van der Waals surface area contributed by atoms with E-state index < -0.39 is 12.0 Å². The molecule has 3 rings (SSSR count). The number of fused-ring (bicyclic) bond motifs is 1. The summed E-state index contributed by atoms with van der Waals surface area (Å²) in [6.07, 6.45) is 4.63. The molecule has 1 unspecified atom stereocenters. The second kappa shape index (κ2) is 5.38. The van der Waals surface area contributed by atoms with Crippen molar-refractivity contribution in [2.75, 3.05) is 6.54 Å². The molecule has 1 atom stereocenters. The Labute approximate surface area is 121 Å². The van der Waals surface area contributed by atoms with Gasteiger partial charge in [-0.15, -0.1) is 11.3 Å². The summed E-state index contributed by atoms with van der Waals surface area (Å²) in [4.78, 5) is 19.2. The van der Waals surface area contributed by atoms with Crippen LogP contribution < -0.4 is 0 Å². The number of carbonyl (C=O) groups is 1. The van der Waals surface area contributed by atoms with E-state index in [0.717, 1.165) is 30.9 Å². The van der Waals surface area contributed by atoms with Crippen molar-refractivity contribution in [3.8, 4) is 0 Å². The van der Waals surface area contributed by atoms with Crippen LogP contribution in [0.5, 0.6) is 0 Å². The van der Waals surface area contributed by atoms with Crippen LogP contribution >= 0.6 is 11.3 Å². The van der Waals surface area contributed by atoms with E-state index in [1.54, 1.807) is 17.5 Å². The molecule has 1 N–H and O–H groups in total. The fourth-order valence-corrected chi connectivity index (χ4v) is 3.69. The zero-order valence-electron chi connectivity index (χ0n) is 11.3. The molecule has 0 fully saturated rings. The van der Waals surface area contributed by atoms with Crippen molar-refractivity contribution in [1.82, 2.24) is 14.5 Å². The number of rotatable bonds is 4. The minimum Gasteiger partial charge on any atom is -0.480 e. The Kier molecular flexibility index (Phi) is 3.58. The van der Waals surface area contributed by atoms with Crippen LogP contribution in [0.3, 0.4) is 0 Å². The van der Waals surface area contributed by atoms with Gasteiger partial charge in [0, 0.05) is 30.4 Å². The lowest BCUT2D eigenvalue weighted by Crippen LogP contribution is -2.39. The van der Waals surface area contributed by atoms with E-state index in [9.17, 15) is 9.90 Å². The number of hydrogen-bond acceptors (Lipinski definition) is 4. The van der Waals surface area contributed by atoms with Gasteiger partial charge in [0.05, 0.1) is 6.54 Å². The predicted molar refractivity (Wildman–Crippen MR) is 76.7 cm³/mol. The second-order valence-corrected chi connectivity index (χ2v) is 5.89. The molecule has 6 heteroatoms. The zero-order chi connectivity index (χ0) is 14.1. The van der Waals surface area contributed by atoms with E-state index in [0.29, 0.717) is 6.54 Å². The Bertz CT molecular complexity index is 619. The summed E-state index contributed by atoms with van der Waals surface area (Å²) in [6.45, 7) is 4.26. The Hall–Kier alpha value is -1.66. The third-order valence-corrected chi connectivity index (χ3v) is 4.78. The first-order chi connectivity index (χ1) is 9.70. The Balaban J connectivity index is 1.88. The van der Waals surface area contributed by atoms with Crippen LogP contribution in [0.25, 0.3) is 0 Å². The molecule has 2 aromatic heterocycles. The van der Waals surface area contributed by atoms with E-state index in [-0.39, 0.29) is 0 Å². The highest BCUT2D eigenvalue weighted by Crippen LogP contribution is 2.34. The molecule has 0 saturated carbocycles. The highest BCUT2D eigenvalue weighted by atomic mass is 32.1. The number of hydrogen-bond donors (Lipinski definition) is 1. The lowest BCUT2D eigenvalue weighted by atomic mass is 10.00. The SMILES string of the molecule is CCn1ccnc1CN1CCc2sccc2C1C(=O)O. The number of carboxylic acid groups (broad SMARTS) is 1. The van der Waals surface area contributed by atoms with Crippen molar-refractivity contribution in [3.05, 3.63) is 40.1 Å². The molecular weight excluding hydrogens is 274 g/mol. The smallest absolute Gasteiger partial charge is 0.325 e. The molecule has 0 saturated heterocycles. The van der Waals surface area contributed by atoms with Crippen LogP contribution in [0.2, 0.25) is 0 Å². The summed E-state index contributed by atoms with van der Waals surface area (Å²) in [5.74, 6) is 0.149. The lowest BCUT2D eigenvalue weighted by Gasteiger charge is -2.32. The van der Waals surface area contributed by atoms with Gasteiger partial charge < -0.3 is 9.67 Å². The molecular formula is C14H17N3O2S. The van der Waals surface area contributed by atoms with Gasteiger partial charge in [0.15, 0.2) is 0 Å². The number of thiophene rings is 1. The largest absolute Gasteiger partial charge is 0.480 e. The lowest BCUT2D eigenvalue weighted by molar-refractivity contribution is -0.144. The fourth-order valence-electron chi connectivity index (χ4n) is 2.79. The molecule has 0 spiro atoms. The van der Waals surface area contributed by atoms with Crippen molar-refractivity contribution in [2.45, 2.75) is 32.5 Å². The van der Waals surface area contributed by atoms with E-state index in [1.807, 2.05) is 22.5 Å². The molecule has 1 aliphatic heterocycles. The molecule has 0 aliphatic carbocycles. The maximum Gasteiger partial charge on any atom is 0.325 e. The topological polar surface area (TPSA) is 58.4 Å². The van der Waals surface area contributed by atoms with Gasteiger partial charge in [-0.25, -0.2) is 4.98 Å². The first-order valence-corrected chi connectivity index (χ1v) is 7.61. The Morgan fingerprint density at radius 1 is 1.60 bits per heavy atom. The summed E-state index contributed by atoms with van der Waals surface area (Å²) in [6, 6.07) is 1.39. The molecule has 0 radical (unpaired) electrons. The van der Waals surface area contributed by atoms with Crippen molar-refractivity contribution in [3.63, 3.8) is 0 Å². The molecule has 0 amide bonds. The second-order valence-electron chi connectivity index (χ2n) is 4.89. The third-order valence-electron chi connectivity index (χ3n) is 3.79. The van der Waals surface area contributed by atoms with Gasteiger partial charge >= 0.3 is 5.97 Å². The molecule has 5 nitrogen and oxygen atoms in total. The molecule has 2 aromatic rings. The normalized spacial score (nSPS) is 18.9. The Morgan fingerprint density at radius 2 is 2.45 bits per heavy atom. The minimum atomic E-state index is -0.779. The average molecular weight is 291 g/mol. The summed E-state index contributed by atoms with van der Waals surface area (Å²) in [7, 11) is 0. The Morgan fingerprint density at radius 3 is 3.20 bits per heavy atom. The highest BCUT2D eigenvalue weighted by molar-refractivity contribution is 7.10. The van der Waals surface area contributed by atoms with E-state index >= 15 is 0 Å².